The third kappa shape index (κ3) is 3.91. The first-order valence-electron chi connectivity index (χ1n) is 11.6. The number of benzene rings is 1. The van der Waals surface area contributed by atoms with Crippen molar-refractivity contribution in [3.05, 3.63) is 89.2 Å². The van der Waals surface area contributed by atoms with Gasteiger partial charge in [-0.25, -0.2) is 4.98 Å². The number of amides is 1. The van der Waals surface area contributed by atoms with E-state index in [1.807, 2.05) is 66.3 Å². The van der Waals surface area contributed by atoms with Crippen molar-refractivity contribution in [2.24, 2.45) is 0 Å². The van der Waals surface area contributed by atoms with Gasteiger partial charge in [0.15, 0.2) is 0 Å². The maximum absolute atomic E-state index is 13.4. The summed E-state index contributed by atoms with van der Waals surface area (Å²) >= 11 is 1.46. The van der Waals surface area contributed by atoms with Gasteiger partial charge in [-0.15, -0.1) is 10.2 Å². The third-order valence-corrected chi connectivity index (χ3v) is 6.78. The molecule has 1 aromatic carbocycles. The molecule has 36 heavy (non-hydrogen) atoms. The highest BCUT2D eigenvalue weighted by Gasteiger charge is 2.18. The van der Waals surface area contributed by atoms with Crippen LogP contribution in [0.25, 0.3) is 27.1 Å². The molecule has 0 radical (unpaired) electrons. The van der Waals surface area contributed by atoms with E-state index < -0.39 is 0 Å². The van der Waals surface area contributed by atoms with Gasteiger partial charge in [-0.3, -0.25) is 18.9 Å². The van der Waals surface area contributed by atoms with Gasteiger partial charge >= 0.3 is 0 Å². The molecule has 6 aromatic rings. The average molecular weight is 495 g/mol. The molecule has 0 aliphatic carbocycles. The van der Waals surface area contributed by atoms with E-state index in [0.29, 0.717) is 17.9 Å². The van der Waals surface area contributed by atoms with Crippen molar-refractivity contribution in [2.75, 3.05) is 5.32 Å². The molecule has 0 saturated carbocycles. The van der Waals surface area contributed by atoms with Gasteiger partial charge in [0.05, 0.1) is 35.3 Å². The Kier molecular flexibility index (Phi) is 5.49. The summed E-state index contributed by atoms with van der Waals surface area (Å²) in [6, 6.07) is 15.7. The molecule has 6 rings (SSSR count). The predicted octanol–water partition coefficient (Wildman–Crippen LogP) is 4.77. The number of nitrogens with zero attached hydrogens (tertiary/aromatic N) is 7. The Morgan fingerprint density at radius 3 is 2.83 bits per heavy atom. The van der Waals surface area contributed by atoms with Crippen LogP contribution in [0.3, 0.4) is 0 Å². The van der Waals surface area contributed by atoms with Crippen LogP contribution in [0.2, 0.25) is 0 Å². The lowest BCUT2D eigenvalue weighted by Gasteiger charge is -2.08. The fraction of sp³-hybridized carbons (Fsp3) is 0.154. The van der Waals surface area contributed by atoms with Crippen molar-refractivity contribution in [2.45, 2.75) is 26.8 Å². The molecule has 9 nitrogen and oxygen atoms in total. The summed E-state index contributed by atoms with van der Waals surface area (Å²) in [4.78, 5) is 22.4. The minimum absolute atomic E-state index is 0.242. The summed E-state index contributed by atoms with van der Waals surface area (Å²) < 4.78 is 3.72. The first-order chi connectivity index (χ1) is 17.6. The summed E-state index contributed by atoms with van der Waals surface area (Å²) in [5.41, 5.74) is 8.22. The highest BCUT2D eigenvalue weighted by atomic mass is 32.1. The fourth-order valence-corrected chi connectivity index (χ4v) is 4.94. The van der Waals surface area contributed by atoms with Crippen LogP contribution in [0.5, 0.6) is 0 Å². The topological polar surface area (TPSA) is 103 Å². The summed E-state index contributed by atoms with van der Waals surface area (Å²) in [5.74, 6) is -0.242. The van der Waals surface area contributed by atoms with E-state index in [1.165, 1.54) is 11.3 Å². The minimum atomic E-state index is -0.242. The Morgan fingerprint density at radius 2 is 2.03 bits per heavy atom. The molecule has 5 heterocycles. The van der Waals surface area contributed by atoms with E-state index in [9.17, 15) is 4.79 Å². The molecule has 0 atom stereocenters. The molecule has 0 unspecified atom stereocenters. The van der Waals surface area contributed by atoms with Crippen molar-refractivity contribution >= 4 is 39.5 Å². The lowest BCUT2D eigenvalue weighted by Crippen LogP contribution is -2.14. The van der Waals surface area contributed by atoms with Gasteiger partial charge < -0.3 is 5.32 Å². The first-order valence-corrected chi connectivity index (χ1v) is 12.4. The van der Waals surface area contributed by atoms with Crippen LogP contribution in [0.4, 0.5) is 5.69 Å². The number of hydrogen-bond acceptors (Lipinski definition) is 7. The molecule has 0 fully saturated rings. The lowest BCUT2D eigenvalue weighted by molar-refractivity contribution is 0.102. The Labute approximate surface area is 210 Å². The number of rotatable bonds is 6. The van der Waals surface area contributed by atoms with Gasteiger partial charge in [0, 0.05) is 22.8 Å². The van der Waals surface area contributed by atoms with E-state index >= 15 is 0 Å². The van der Waals surface area contributed by atoms with Crippen LogP contribution >= 0.6 is 11.3 Å². The maximum Gasteiger partial charge on any atom is 0.274 e. The summed E-state index contributed by atoms with van der Waals surface area (Å²) in [6.07, 6.45) is 4.16. The monoisotopic (exact) mass is 494 g/mol. The van der Waals surface area contributed by atoms with Gasteiger partial charge in [-0.2, -0.15) is 5.10 Å². The number of imidazole rings is 1. The van der Waals surface area contributed by atoms with Gasteiger partial charge in [-0.1, -0.05) is 30.4 Å². The highest BCUT2D eigenvalue weighted by molar-refractivity contribution is 7.12. The number of pyridine rings is 2. The summed E-state index contributed by atoms with van der Waals surface area (Å²) in [5, 5.41) is 17.7. The molecule has 0 bridgehead atoms. The molecule has 1 amide bonds. The SMILES string of the molecule is CCc1nn(Cc2cccc(C)n2)c2cccc(NC(=O)c3cnc4cc(-c5nncs5)ccn34)c12. The zero-order valence-corrected chi connectivity index (χ0v) is 20.5. The number of aryl methyl sites for hydroxylation is 2. The third-order valence-electron chi connectivity index (χ3n) is 6.04. The average Bonchev–Trinajstić information content (AvgIpc) is 3.63. The van der Waals surface area contributed by atoms with Gasteiger partial charge in [0.25, 0.3) is 5.91 Å². The van der Waals surface area contributed by atoms with E-state index in [1.54, 1.807) is 16.1 Å². The number of nitrogens with one attached hydrogen (secondary N) is 1. The molecule has 0 aliphatic rings. The molecule has 10 heteroatoms. The Bertz CT molecular complexity index is 1720. The molecule has 5 aromatic heterocycles. The molecular weight excluding hydrogens is 472 g/mol. The van der Waals surface area contributed by atoms with Crippen LogP contribution < -0.4 is 5.32 Å². The van der Waals surface area contributed by atoms with Crippen LogP contribution in [0.15, 0.2) is 66.4 Å². The first kappa shape index (κ1) is 22.1. The van der Waals surface area contributed by atoms with E-state index in [0.717, 1.165) is 50.7 Å². The summed E-state index contributed by atoms with van der Waals surface area (Å²) in [6.45, 7) is 4.60. The molecule has 178 valence electrons. The lowest BCUT2D eigenvalue weighted by atomic mass is 10.1. The number of fused-ring (bicyclic) bond motifs is 2. The van der Waals surface area contributed by atoms with Gasteiger partial charge in [-0.05, 0) is 49.7 Å². The molecule has 1 N–H and O–H groups in total. The fourth-order valence-electron chi connectivity index (χ4n) is 4.39. The second-order valence-corrected chi connectivity index (χ2v) is 9.25. The van der Waals surface area contributed by atoms with E-state index in [4.69, 9.17) is 5.10 Å². The second kappa shape index (κ2) is 8.97. The Balaban J connectivity index is 1.34. The molecular formula is C26H22N8OS. The Morgan fingerprint density at radius 1 is 1.14 bits per heavy atom. The predicted molar refractivity (Wildman–Crippen MR) is 139 cm³/mol. The normalized spacial score (nSPS) is 11.4. The largest absolute Gasteiger partial charge is 0.320 e. The second-order valence-electron chi connectivity index (χ2n) is 8.41. The quantitative estimate of drug-likeness (QED) is 0.358. The zero-order valence-electron chi connectivity index (χ0n) is 19.7. The Hall–Kier alpha value is -4.44. The van der Waals surface area contributed by atoms with Crippen LogP contribution in [-0.4, -0.2) is 40.3 Å². The number of hydrogen-bond donors (Lipinski definition) is 1. The standard InChI is InChI=1S/C26H22N8OS/c1-3-19-24-20(8-5-9-21(24)34(32-19)14-18-7-4-6-16(2)29-18)30-25(35)22-13-27-23-12-17(10-11-33(22)23)26-31-28-15-36-26/h4-13,15H,3,14H2,1-2H3,(H,30,35). The highest BCUT2D eigenvalue weighted by Crippen LogP contribution is 2.29. The summed E-state index contributed by atoms with van der Waals surface area (Å²) in [7, 11) is 0. The number of aromatic nitrogens is 7. The van der Waals surface area contributed by atoms with Crippen molar-refractivity contribution in [3.8, 4) is 10.6 Å². The van der Waals surface area contributed by atoms with Crippen LogP contribution in [0, 0.1) is 6.92 Å². The van der Waals surface area contributed by atoms with Crippen molar-refractivity contribution in [1.82, 2.24) is 34.3 Å². The van der Waals surface area contributed by atoms with Crippen LogP contribution in [-0.2, 0) is 13.0 Å². The van der Waals surface area contributed by atoms with Crippen molar-refractivity contribution < 1.29 is 4.79 Å². The van der Waals surface area contributed by atoms with Gasteiger partial charge in [0.2, 0.25) is 0 Å². The van der Waals surface area contributed by atoms with E-state index in [2.05, 4.69) is 32.4 Å². The van der Waals surface area contributed by atoms with Gasteiger partial charge in [0.1, 0.15) is 21.9 Å². The smallest absolute Gasteiger partial charge is 0.274 e. The van der Waals surface area contributed by atoms with Crippen LogP contribution in [0.1, 0.15) is 34.5 Å². The zero-order chi connectivity index (χ0) is 24.6. The van der Waals surface area contributed by atoms with Crippen molar-refractivity contribution in [3.63, 3.8) is 0 Å². The maximum atomic E-state index is 13.4. The number of anilines is 1. The molecule has 0 saturated heterocycles. The number of carbonyl (C=O) groups is 1. The minimum Gasteiger partial charge on any atom is -0.320 e. The molecule has 0 aliphatic heterocycles. The molecule has 0 spiro atoms. The van der Waals surface area contributed by atoms with E-state index in [-0.39, 0.29) is 5.91 Å². The van der Waals surface area contributed by atoms with Crippen molar-refractivity contribution in [1.29, 1.82) is 0 Å². The number of carbonyl (C=O) groups excluding carboxylic acids is 1.